The van der Waals surface area contributed by atoms with Crippen molar-refractivity contribution in [3.63, 3.8) is 0 Å². The quantitative estimate of drug-likeness (QED) is 0.665. The molecule has 0 aliphatic carbocycles. The maximum absolute atomic E-state index is 13.2. The summed E-state index contributed by atoms with van der Waals surface area (Å²) in [6.07, 6.45) is 0.269. The van der Waals surface area contributed by atoms with Crippen molar-refractivity contribution in [1.29, 1.82) is 0 Å². The summed E-state index contributed by atoms with van der Waals surface area (Å²) in [4.78, 5) is 27.7. The molecule has 0 saturated carbocycles. The molecule has 0 heterocycles. The Morgan fingerprint density at radius 2 is 1.59 bits per heavy atom. The van der Waals surface area contributed by atoms with Crippen LogP contribution in [-0.4, -0.2) is 28.3 Å². The topological polar surface area (TPSA) is 49.4 Å². The van der Waals surface area contributed by atoms with Crippen molar-refractivity contribution in [3.8, 4) is 0 Å². The number of carbonyl (C=O) groups is 2. The third-order valence-electron chi connectivity index (χ3n) is 4.86. The lowest BCUT2D eigenvalue weighted by Gasteiger charge is -2.31. The smallest absolute Gasteiger partial charge is 0.242 e. The Labute approximate surface area is 182 Å². The van der Waals surface area contributed by atoms with E-state index < -0.39 is 6.04 Å². The van der Waals surface area contributed by atoms with E-state index in [-0.39, 0.29) is 23.8 Å². The summed E-state index contributed by atoms with van der Waals surface area (Å²) in [5.74, 6) is -0.212. The fourth-order valence-corrected chi connectivity index (χ4v) is 3.30. The number of aryl methyl sites for hydroxylation is 2. The van der Waals surface area contributed by atoms with Crippen LogP contribution in [0, 0.1) is 13.8 Å². The highest BCUT2D eigenvalue weighted by Gasteiger charge is 2.28. The second-order valence-electron chi connectivity index (χ2n) is 8.66. The van der Waals surface area contributed by atoms with Gasteiger partial charge < -0.3 is 10.2 Å². The molecule has 0 radical (unpaired) electrons. The molecule has 156 valence electrons. The summed E-state index contributed by atoms with van der Waals surface area (Å²) in [6, 6.07) is 13.3. The van der Waals surface area contributed by atoms with Gasteiger partial charge in [-0.15, -0.1) is 0 Å². The van der Waals surface area contributed by atoms with Crippen LogP contribution in [0.25, 0.3) is 0 Å². The molecule has 2 amide bonds. The highest BCUT2D eigenvalue weighted by molar-refractivity contribution is 9.10. The van der Waals surface area contributed by atoms with Gasteiger partial charge in [0, 0.05) is 16.6 Å². The number of benzene rings is 2. The summed E-state index contributed by atoms with van der Waals surface area (Å²) in [5, 5.41) is 2.99. The van der Waals surface area contributed by atoms with Crippen molar-refractivity contribution in [2.24, 2.45) is 0 Å². The van der Waals surface area contributed by atoms with Gasteiger partial charge in [-0.25, -0.2) is 0 Å². The van der Waals surface area contributed by atoms with E-state index in [0.29, 0.717) is 6.54 Å². The first-order valence-corrected chi connectivity index (χ1v) is 10.7. The van der Waals surface area contributed by atoms with Crippen molar-refractivity contribution < 1.29 is 9.59 Å². The van der Waals surface area contributed by atoms with Gasteiger partial charge in [0.1, 0.15) is 6.04 Å². The maximum atomic E-state index is 13.2. The van der Waals surface area contributed by atoms with Crippen LogP contribution in [0.4, 0.5) is 0 Å². The average molecular weight is 459 g/mol. The normalized spacial score (nSPS) is 12.4. The summed E-state index contributed by atoms with van der Waals surface area (Å²) < 4.78 is 0.979. The van der Waals surface area contributed by atoms with E-state index in [1.165, 1.54) is 5.56 Å². The van der Waals surface area contributed by atoms with Gasteiger partial charge in [0.05, 0.1) is 6.42 Å². The highest BCUT2D eigenvalue weighted by atomic mass is 79.9. The van der Waals surface area contributed by atoms with Gasteiger partial charge in [-0.3, -0.25) is 9.59 Å². The molecule has 1 unspecified atom stereocenters. The molecule has 2 aromatic carbocycles. The van der Waals surface area contributed by atoms with E-state index in [4.69, 9.17) is 0 Å². The zero-order chi connectivity index (χ0) is 21.8. The highest BCUT2D eigenvalue weighted by Crippen LogP contribution is 2.17. The molecule has 5 heteroatoms. The number of hydrogen-bond acceptors (Lipinski definition) is 2. The Morgan fingerprint density at radius 3 is 2.14 bits per heavy atom. The molecule has 4 nitrogen and oxygen atoms in total. The van der Waals surface area contributed by atoms with Gasteiger partial charge >= 0.3 is 0 Å². The average Bonchev–Trinajstić information content (AvgIpc) is 2.62. The molecule has 0 fully saturated rings. The van der Waals surface area contributed by atoms with Gasteiger partial charge in [-0.1, -0.05) is 46.3 Å². The minimum Gasteiger partial charge on any atom is -0.350 e. The SMILES string of the molecule is Cc1ccc(CC(=O)N(Cc2ccc(Br)cc2)C(C)C(=O)NC(C)(C)C)cc1C. The first-order valence-electron chi connectivity index (χ1n) is 9.88. The first-order chi connectivity index (χ1) is 13.5. The number of rotatable bonds is 6. The molecule has 1 atom stereocenters. The van der Waals surface area contributed by atoms with Crippen LogP contribution in [0.3, 0.4) is 0 Å². The number of nitrogens with zero attached hydrogens (tertiary/aromatic N) is 1. The second-order valence-corrected chi connectivity index (χ2v) is 9.57. The molecule has 0 aliphatic rings. The molecular formula is C24H31BrN2O2. The Bertz CT molecular complexity index is 869. The molecule has 0 aliphatic heterocycles. The Hall–Kier alpha value is -2.14. The summed E-state index contributed by atoms with van der Waals surface area (Å²) in [5.41, 5.74) is 3.95. The van der Waals surface area contributed by atoms with Crippen molar-refractivity contribution >= 4 is 27.7 Å². The van der Waals surface area contributed by atoms with Crippen molar-refractivity contribution in [2.75, 3.05) is 0 Å². The minimum atomic E-state index is -0.572. The van der Waals surface area contributed by atoms with E-state index >= 15 is 0 Å². The predicted octanol–water partition coefficient (Wildman–Crippen LogP) is 4.94. The standard InChI is InChI=1S/C24H31BrN2O2/c1-16-7-8-20(13-17(16)2)14-22(28)27(15-19-9-11-21(25)12-10-19)18(3)23(29)26-24(4,5)6/h7-13,18H,14-15H2,1-6H3,(H,26,29). The molecule has 0 aromatic heterocycles. The summed E-state index contributed by atoms with van der Waals surface area (Å²) in [6.45, 7) is 12.1. The number of carbonyl (C=O) groups excluding carboxylic acids is 2. The third-order valence-corrected chi connectivity index (χ3v) is 5.39. The molecule has 2 rings (SSSR count). The Morgan fingerprint density at radius 1 is 1.00 bits per heavy atom. The molecular weight excluding hydrogens is 428 g/mol. The molecule has 29 heavy (non-hydrogen) atoms. The van der Waals surface area contributed by atoms with Gasteiger partial charge in [-0.05, 0) is 75.9 Å². The lowest BCUT2D eigenvalue weighted by atomic mass is 10.0. The van der Waals surface area contributed by atoms with E-state index in [2.05, 4.69) is 28.2 Å². The van der Waals surface area contributed by atoms with E-state index in [1.54, 1.807) is 11.8 Å². The Balaban J connectivity index is 2.26. The van der Waals surface area contributed by atoms with E-state index in [9.17, 15) is 9.59 Å². The van der Waals surface area contributed by atoms with Crippen molar-refractivity contribution in [2.45, 2.75) is 66.1 Å². The van der Waals surface area contributed by atoms with Crippen LogP contribution in [0.5, 0.6) is 0 Å². The molecule has 0 spiro atoms. The Kier molecular flexibility index (Phi) is 7.64. The number of nitrogens with one attached hydrogen (secondary N) is 1. The van der Waals surface area contributed by atoms with Gasteiger partial charge in [0.15, 0.2) is 0 Å². The van der Waals surface area contributed by atoms with Crippen LogP contribution in [0.15, 0.2) is 46.9 Å². The number of amides is 2. The predicted molar refractivity (Wildman–Crippen MR) is 122 cm³/mol. The fraction of sp³-hybridized carbons (Fsp3) is 0.417. The molecule has 0 saturated heterocycles. The van der Waals surface area contributed by atoms with Gasteiger partial charge in [0.25, 0.3) is 0 Å². The monoisotopic (exact) mass is 458 g/mol. The van der Waals surface area contributed by atoms with Gasteiger partial charge in [0.2, 0.25) is 11.8 Å². The summed E-state index contributed by atoms with van der Waals surface area (Å²) >= 11 is 3.44. The lowest BCUT2D eigenvalue weighted by molar-refractivity contribution is -0.140. The third kappa shape index (κ3) is 7.00. The number of hydrogen-bond donors (Lipinski definition) is 1. The second kappa shape index (κ2) is 9.57. The van der Waals surface area contributed by atoms with Crippen molar-refractivity contribution in [3.05, 3.63) is 69.2 Å². The van der Waals surface area contributed by atoms with Crippen LogP contribution < -0.4 is 5.32 Å². The minimum absolute atomic E-state index is 0.0623. The lowest BCUT2D eigenvalue weighted by Crippen LogP contribution is -2.52. The van der Waals surface area contributed by atoms with E-state index in [1.807, 2.05) is 70.2 Å². The van der Waals surface area contributed by atoms with Crippen LogP contribution >= 0.6 is 15.9 Å². The van der Waals surface area contributed by atoms with E-state index in [0.717, 1.165) is 21.2 Å². The maximum Gasteiger partial charge on any atom is 0.242 e. The zero-order valence-corrected chi connectivity index (χ0v) is 19.8. The van der Waals surface area contributed by atoms with Crippen LogP contribution in [-0.2, 0) is 22.6 Å². The fourth-order valence-electron chi connectivity index (χ4n) is 3.03. The van der Waals surface area contributed by atoms with Crippen LogP contribution in [0.2, 0.25) is 0 Å². The molecule has 2 aromatic rings. The molecule has 1 N–H and O–H groups in total. The van der Waals surface area contributed by atoms with Crippen LogP contribution in [0.1, 0.15) is 49.9 Å². The number of halogens is 1. The van der Waals surface area contributed by atoms with Gasteiger partial charge in [-0.2, -0.15) is 0 Å². The largest absolute Gasteiger partial charge is 0.350 e. The zero-order valence-electron chi connectivity index (χ0n) is 18.2. The first kappa shape index (κ1) is 23.1. The van der Waals surface area contributed by atoms with Crippen molar-refractivity contribution in [1.82, 2.24) is 10.2 Å². The summed E-state index contributed by atoms with van der Waals surface area (Å²) in [7, 11) is 0. The molecule has 0 bridgehead atoms.